The number of carbonyl (C=O) groups is 1. The fourth-order valence-electron chi connectivity index (χ4n) is 3.51. The molecule has 6 nitrogen and oxygen atoms in total. The molecule has 1 aliphatic rings. The van der Waals surface area contributed by atoms with Gasteiger partial charge in [0.15, 0.2) is 0 Å². The van der Waals surface area contributed by atoms with Gasteiger partial charge in [0.25, 0.3) is 5.56 Å². The molecule has 2 N–H and O–H groups in total. The average molecular weight is 470 g/mol. The molecule has 0 aromatic carbocycles. The molecule has 4 rings (SSSR count). The van der Waals surface area contributed by atoms with Gasteiger partial charge in [-0.1, -0.05) is 0 Å². The highest BCUT2D eigenvalue weighted by molar-refractivity contribution is 7.13. The van der Waals surface area contributed by atoms with Gasteiger partial charge >= 0.3 is 5.97 Å². The van der Waals surface area contributed by atoms with Gasteiger partial charge in [-0.15, -0.1) is 34.0 Å². The number of rotatable bonds is 4. The van der Waals surface area contributed by atoms with Crippen molar-refractivity contribution in [1.82, 2.24) is 4.57 Å². The lowest BCUT2D eigenvalue weighted by atomic mass is 9.88. The van der Waals surface area contributed by atoms with Gasteiger partial charge in [0, 0.05) is 19.5 Å². The molecule has 158 valence electrons. The van der Waals surface area contributed by atoms with Crippen LogP contribution in [0.5, 0.6) is 0 Å². The second-order valence-electron chi connectivity index (χ2n) is 6.93. The highest BCUT2D eigenvalue weighted by Gasteiger charge is 2.37. The number of aromatic nitrogens is 1. The molecule has 0 fully saturated rings. The third kappa shape index (κ3) is 3.67. The first-order valence-corrected chi connectivity index (χ1v) is 12.0. The van der Waals surface area contributed by atoms with Crippen LogP contribution in [0.4, 0.5) is 0 Å². The summed E-state index contributed by atoms with van der Waals surface area (Å²) in [5, 5.41) is 9.92. The fourth-order valence-corrected chi connectivity index (χ4v) is 6.56. The minimum atomic E-state index is -0.669. The van der Waals surface area contributed by atoms with Crippen LogP contribution in [-0.4, -0.2) is 17.1 Å². The van der Waals surface area contributed by atoms with E-state index in [4.69, 9.17) is 10.5 Å². The first-order valence-electron chi connectivity index (χ1n) is 9.53. The number of esters is 1. The zero-order valence-corrected chi connectivity index (χ0v) is 19.5. The molecule has 31 heavy (non-hydrogen) atoms. The number of hydrogen-bond acceptors (Lipinski definition) is 8. The van der Waals surface area contributed by atoms with Crippen LogP contribution in [-0.2, 0) is 9.53 Å². The van der Waals surface area contributed by atoms with E-state index in [2.05, 4.69) is 6.07 Å². The van der Waals surface area contributed by atoms with Crippen LogP contribution in [0.2, 0.25) is 0 Å². The molecule has 0 aliphatic carbocycles. The number of carbonyl (C=O) groups excluding carboxylic acids is 1. The van der Waals surface area contributed by atoms with E-state index in [1.165, 1.54) is 27.2 Å². The first kappa shape index (κ1) is 21.3. The van der Waals surface area contributed by atoms with E-state index in [1.807, 2.05) is 38.1 Å². The summed E-state index contributed by atoms with van der Waals surface area (Å²) < 4.78 is 7.47. The van der Waals surface area contributed by atoms with E-state index in [0.717, 1.165) is 19.5 Å². The van der Waals surface area contributed by atoms with Gasteiger partial charge in [-0.3, -0.25) is 9.36 Å². The van der Waals surface area contributed by atoms with E-state index in [9.17, 15) is 14.9 Å². The van der Waals surface area contributed by atoms with Crippen molar-refractivity contribution in [2.45, 2.75) is 26.7 Å². The molecular formula is C22H19N3O3S3. The zero-order valence-electron chi connectivity index (χ0n) is 17.1. The number of nitrogens with two attached hydrogens (primary N) is 1. The van der Waals surface area contributed by atoms with Crippen LogP contribution in [0.15, 0.2) is 34.6 Å². The topological polar surface area (TPSA) is 98.1 Å². The number of nitriles is 1. The monoisotopic (exact) mass is 469 g/mol. The Morgan fingerprint density at radius 1 is 1.23 bits per heavy atom. The molecule has 9 heteroatoms. The maximum atomic E-state index is 13.2. The minimum Gasteiger partial charge on any atom is -0.463 e. The van der Waals surface area contributed by atoms with Crippen molar-refractivity contribution < 1.29 is 9.53 Å². The molecule has 0 radical (unpaired) electrons. The van der Waals surface area contributed by atoms with Crippen molar-refractivity contribution in [1.29, 1.82) is 5.26 Å². The molecule has 0 saturated heterocycles. The maximum Gasteiger partial charge on any atom is 0.338 e. The van der Waals surface area contributed by atoms with Gasteiger partial charge in [0.1, 0.15) is 10.5 Å². The number of fused-ring (bicyclic) bond motifs is 1. The Bertz CT molecular complexity index is 1440. The lowest BCUT2D eigenvalue weighted by Crippen LogP contribution is -2.40. The Labute approximate surface area is 190 Å². The van der Waals surface area contributed by atoms with Gasteiger partial charge in [-0.2, -0.15) is 5.26 Å². The van der Waals surface area contributed by atoms with Crippen LogP contribution in [0.3, 0.4) is 0 Å². The van der Waals surface area contributed by atoms with Gasteiger partial charge in [0.2, 0.25) is 0 Å². The normalized spacial score (nSPS) is 16.4. The van der Waals surface area contributed by atoms with Gasteiger partial charge < -0.3 is 10.5 Å². The lowest BCUT2D eigenvalue weighted by molar-refractivity contribution is -0.136. The van der Waals surface area contributed by atoms with Crippen molar-refractivity contribution in [2.75, 3.05) is 6.61 Å². The second-order valence-corrected chi connectivity index (χ2v) is 10.6. The number of allylic oxidation sites excluding steroid dienone is 1. The highest BCUT2D eigenvalue weighted by atomic mass is 32.1. The quantitative estimate of drug-likeness (QED) is 0.593. The molecule has 1 unspecified atom stereocenters. The van der Waals surface area contributed by atoms with E-state index in [-0.39, 0.29) is 29.1 Å². The zero-order chi connectivity index (χ0) is 22.3. The SMILES string of the molecule is CCOC(=O)C1=c2sc(=Cc3ccc(C)s3)c(=O)n2C(N)=C(C#N)C1c1ccc(C)s1. The highest BCUT2D eigenvalue weighted by Crippen LogP contribution is 2.39. The number of aryl methyl sites for hydroxylation is 2. The maximum absolute atomic E-state index is 13.2. The van der Waals surface area contributed by atoms with Crippen molar-refractivity contribution in [2.24, 2.45) is 5.73 Å². The predicted octanol–water partition coefficient (Wildman–Crippen LogP) is 2.64. The van der Waals surface area contributed by atoms with E-state index in [0.29, 0.717) is 9.20 Å². The van der Waals surface area contributed by atoms with E-state index < -0.39 is 11.9 Å². The van der Waals surface area contributed by atoms with E-state index >= 15 is 0 Å². The standard InChI is InChI=1S/C22H19N3O3S3/c1-4-28-22(27)18-17(15-8-6-12(3)30-15)14(10-23)19(24)25-20(26)16(31-21(18)25)9-13-7-5-11(2)29-13/h5-9,17H,4,24H2,1-3H3. The molecule has 4 heterocycles. The molecule has 3 aromatic heterocycles. The third-order valence-corrected chi connectivity index (χ3v) is 7.97. The van der Waals surface area contributed by atoms with Crippen LogP contribution in [0.25, 0.3) is 17.5 Å². The Morgan fingerprint density at radius 2 is 1.94 bits per heavy atom. The summed E-state index contributed by atoms with van der Waals surface area (Å²) in [7, 11) is 0. The average Bonchev–Trinajstić information content (AvgIpc) is 3.42. The van der Waals surface area contributed by atoms with Gasteiger partial charge in [-0.05, 0) is 51.1 Å². The molecule has 1 aliphatic heterocycles. The number of ether oxygens (including phenoxy) is 1. The summed E-state index contributed by atoms with van der Waals surface area (Å²) in [4.78, 5) is 30.2. The molecular weight excluding hydrogens is 450 g/mol. The number of thiazole rings is 1. The van der Waals surface area contributed by atoms with Gasteiger partial charge in [0.05, 0.1) is 34.3 Å². The number of hydrogen-bond donors (Lipinski definition) is 1. The predicted molar refractivity (Wildman–Crippen MR) is 125 cm³/mol. The smallest absolute Gasteiger partial charge is 0.338 e. The molecule has 0 saturated carbocycles. The first-order chi connectivity index (χ1) is 14.8. The summed E-state index contributed by atoms with van der Waals surface area (Å²) >= 11 is 4.25. The molecule has 0 amide bonds. The summed E-state index contributed by atoms with van der Waals surface area (Å²) in [6.45, 7) is 5.86. The van der Waals surface area contributed by atoms with Crippen molar-refractivity contribution in [3.05, 3.63) is 68.9 Å². The fraction of sp³-hybridized carbons (Fsp3) is 0.227. The molecule has 3 aromatic rings. The largest absolute Gasteiger partial charge is 0.463 e. The van der Waals surface area contributed by atoms with Crippen LogP contribution >= 0.6 is 34.0 Å². The number of nitrogens with zero attached hydrogens (tertiary/aromatic N) is 2. The van der Waals surface area contributed by atoms with Crippen molar-refractivity contribution >= 4 is 57.4 Å². The van der Waals surface area contributed by atoms with Crippen molar-refractivity contribution in [3.63, 3.8) is 0 Å². The summed E-state index contributed by atoms with van der Waals surface area (Å²) in [6, 6.07) is 9.88. The van der Waals surface area contributed by atoms with Crippen molar-refractivity contribution in [3.8, 4) is 6.07 Å². The molecule has 0 bridgehead atoms. The Kier molecular flexibility index (Phi) is 5.71. The van der Waals surface area contributed by atoms with Crippen LogP contribution < -0.4 is 20.5 Å². The Balaban J connectivity index is 2.10. The molecule has 1 atom stereocenters. The third-order valence-electron chi connectivity index (χ3n) is 4.84. The summed E-state index contributed by atoms with van der Waals surface area (Å²) in [5.74, 6) is -1.16. The van der Waals surface area contributed by atoms with Crippen LogP contribution in [0, 0.1) is 25.2 Å². The Morgan fingerprint density at radius 3 is 2.52 bits per heavy atom. The second kappa shape index (κ2) is 8.30. The van der Waals surface area contributed by atoms with E-state index in [1.54, 1.807) is 24.3 Å². The summed E-state index contributed by atoms with van der Waals surface area (Å²) in [5.41, 5.74) is 6.44. The summed E-state index contributed by atoms with van der Waals surface area (Å²) in [6.07, 6.45) is 1.79. The molecule has 0 spiro atoms. The van der Waals surface area contributed by atoms with Gasteiger partial charge in [-0.25, -0.2) is 4.79 Å². The van der Waals surface area contributed by atoms with Crippen LogP contribution in [0.1, 0.15) is 32.4 Å². The minimum absolute atomic E-state index is 0.0601. The Hall–Kier alpha value is -2.93. The lowest BCUT2D eigenvalue weighted by Gasteiger charge is -2.23. The number of thiophene rings is 2.